The fraction of sp³-hybridized carbons (Fsp3) is 0.259. The van der Waals surface area contributed by atoms with Crippen molar-refractivity contribution in [3.63, 3.8) is 0 Å². The average Bonchev–Trinajstić information content (AvgIpc) is 3.53. The average molecular weight is 492 g/mol. The summed E-state index contributed by atoms with van der Waals surface area (Å²) in [6, 6.07) is 19.4. The predicted molar refractivity (Wildman–Crippen MR) is 140 cm³/mol. The summed E-state index contributed by atoms with van der Waals surface area (Å²) in [6.07, 6.45) is 1.73. The number of hydrogen-bond donors (Lipinski definition) is 4. The van der Waals surface area contributed by atoms with Crippen molar-refractivity contribution in [2.45, 2.75) is 33.7 Å². The molecule has 4 N–H and O–H groups in total. The van der Waals surface area contributed by atoms with E-state index in [2.05, 4.69) is 39.8 Å². The fourth-order valence-electron chi connectivity index (χ4n) is 2.97. The Bertz CT molecular complexity index is 1230. The Morgan fingerprint density at radius 1 is 1.06 bits per heavy atom. The van der Waals surface area contributed by atoms with Crippen LogP contribution in [0.15, 0.2) is 65.1 Å². The first kappa shape index (κ1) is 27.8. The van der Waals surface area contributed by atoms with Crippen molar-refractivity contribution in [1.29, 1.82) is 0 Å². The molecule has 4 rings (SSSR count). The van der Waals surface area contributed by atoms with Crippen molar-refractivity contribution in [1.82, 2.24) is 25.9 Å². The second-order valence-electron chi connectivity index (χ2n) is 7.77. The molecular weight excluding hydrogens is 458 g/mol. The molecule has 0 radical (unpaired) electrons. The second-order valence-corrected chi connectivity index (χ2v) is 7.77. The third kappa shape index (κ3) is 8.75. The minimum absolute atomic E-state index is 0.0556. The van der Waals surface area contributed by atoms with E-state index in [1.165, 1.54) is 13.5 Å². The van der Waals surface area contributed by atoms with Gasteiger partial charge in [-0.15, -0.1) is 0 Å². The van der Waals surface area contributed by atoms with Gasteiger partial charge in [-0.2, -0.15) is 0 Å². The number of amides is 3. The number of furan rings is 1. The first-order chi connectivity index (χ1) is 17.4. The number of fused-ring (bicyclic) bond motifs is 1. The molecule has 36 heavy (non-hydrogen) atoms. The van der Waals surface area contributed by atoms with E-state index >= 15 is 0 Å². The van der Waals surface area contributed by atoms with E-state index in [0.717, 1.165) is 33.7 Å². The number of aryl methyl sites for hydroxylation is 1. The van der Waals surface area contributed by atoms with Crippen LogP contribution in [0.25, 0.3) is 22.4 Å². The number of H-pyrrole nitrogens is 1. The largest absolute Gasteiger partial charge is 0.461 e. The number of aromatic nitrogens is 2. The highest BCUT2D eigenvalue weighted by Gasteiger charge is 2.11. The monoisotopic (exact) mass is 491 g/mol. The molecule has 0 aliphatic heterocycles. The normalized spacial score (nSPS) is 9.78. The molecule has 2 aromatic heterocycles. The molecule has 0 unspecified atom stereocenters. The Morgan fingerprint density at radius 3 is 2.44 bits per heavy atom. The van der Waals surface area contributed by atoms with Crippen molar-refractivity contribution in [2.24, 2.45) is 0 Å². The number of carbonyl (C=O) groups excluding carboxylic acids is 3. The summed E-state index contributed by atoms with van der Waals surface area (Å²) in [7, 11) is 1.51. The summed E-state index contributed by atoms with van der Waals surface area (Å²) in [5.41, 5.74) is 3.62. The molecule has 0 fully saturated rings. The third-order valence-electron chi connectivity index (χ3n) is 4.63. The molecule has 0 bridgehead atoms. The van der Waals surface area contributed by atoms with Crippen LogP contribution in [0, 0.1) is 6.92 Å². The molecular formula is C27H33N5O4. The van der Waals surface area contributed by atoms with Crippen LogP contribution in [0.3, 0.4) is 0 Å². The van der Waals surface area contributed by atoms with E-state index in [0.29, 0.717) is 18.8 Å². The molecule has 0 saturated carbocycles. The van der Waals surface area contributed by atoms with E-state index in [-0.39, 0.29) is 18.4 Å². The molecule has 2 aromatic carbocycles. The molecule has 3 amide bonds. The number of benzene rings is 2. The lowest BCUT2D eigenvalue weighted by atomic mass is 10.1. The number of nitrogens with zero attached hydrogens (tertiary/aromatic N) is 1. The molecule has 0 spiro atoms. The Kier molecular flexibility index (Phi) is 11.4. The van der Waals surface area contributed by atoms with Gasteiger partial charge in [0.05, 0.1) is 17.6 Å². The van der Waals surface area contributed by atoms with E-state index in [9.17, 15) is 14.4 Å². The first-order valence-corrected chi connectivity index (χ1v) is 11.7. The second kappa shape index (κ2) is 14.8. The van der Waals surface area contributed by atoms with Crippen LogP contribution in [-0.2, 0) is 16.1 Å². The number of nitrogens with one attached hydrogen (secondary N) is 4. The summed E-state index contributed by atoms with van der Waals surface area (Å²) < 4.78 is 5.65. The van der Waals surface area contributed by atoms with Crippen LogP contribution in [0.1, 0.15) is 42.2 Å². The standard InChI is InChI=1S/C20H17N3O2.C4H8N2O2.C3H8/c1-13-9-10-18(25-13)15-6-4-5-14(11-15)12-21-20(24)19-22-16-7-2-3-8-17(16)23-19;1-5-4(8)2-6-3-7;1-3-2/h2-11H,12H2,1H3,(H,21,24)(H,22,23);3H,2H2,1H3,(H,5,8)(H,6,7);3H2,1-2H3. The van der Waals surface area contributed by atoms with E-state index in [1.54, 1.807) is 0 Å². The molecule has 9 nitrogen and oxygen atoms in total. The Hall–Kier alpha value is -4.40. The lowest BCUT2D eigenvalue weighted by Crippen LogP contribution is -2.30. The molecule has 2 heterocycles. The van der Waals surface area contributed by atoms with Gasteiger partial charge >= 0.3 is 0 Å². The Morgan fingerprint density at radius 2 is 1.81 bits per heavy atom. The van der Waals surface area contributed by atoms with Crippen molar-refractivity contribution in [3.8, 4) is 11.3 Å². The van der Waals surface area contributed by atoms with E-state index < -0.39 is 0 Å². The van der Waals surface area contributed by atoms with Gasteiger partial charge in [-0.05, 0) is 42.8 Å². The van der Waals surface area contributed by atoms with Crippen molar-refractivity contribution >= 4 is 29.3 Å². The SMILES string of the molecule is CCC.CNC(=O)CNC=O.Cc1ccc(-c2cccc(CNC(=O)c3nc4ccccc4[nH]3)c2)o1. The van der Waals surface area contributed by atoms with Gasteiger partial charge in [0.15, 0.2) is 5.82 Å². The molecule has 190 valence electrons. The van der Waals surface area contributed by atoms with Gasteiger partial charge < -0.3 is 25.4 Å². The zero-order valence-electron chi connectivity index (χ0n) is 21.1. The van der Waals surface area contributed by atoms with Crippen LogP contribution in [0.4, 0.5) is 0 Å². The number of likely N-dealkylation sites (N-methyl/N-ethyl adjacent to an activating group) is 1. The Labute approximate surface area is 210 Å². The van der Waals surface area contributed by atoms with Gasteiger partial charge in [0.1, 0.15) is 11.5 Å². The maximum atomic E-state index is 12.3. The summed E-state index contributed by atoms with van der Waals surface area (Å²) in [4.78, 5) is 39.4. The number of para-hydroxylation sites is 2. The molecule has 0 atom stereocenters. The summed E-state index contributed by atoms with van der Waals surface area (Å²) in [6.45, 7) is 6.64. The van der Waals surface area contributed by atoms with Crippen LogP contribution < -0.4 is 16.0 Å². The molecule has 9 heteroatoms. The van der Waals surface area contributed by atoms with Gasteiger partial charge in [0, 0.05) is 19.2 Å². The zero-order chi connectivity index (χ0) is 26.3. The number of aromatic amines is 1. The predicted octanol–water partition coefficient (Wildman–Crippen LogP) is 3.96. The summed E-state index contributed by atoms with van der Waals surface area (Å²) >= 11 is 0. The van der Waals surface area contributed by atoms with Gasteiger partial charge in [-0.3, -0.25) is 14.4 Å². The summed E-state index contributed by atoms with van der Waals surface area (Å²) in [5.74, 6) is 1.59. The van der Waals surface area contributed by atoms with Crippen LogP contribution in [-0.4, -0.2) is 41.8 Å². The van der Waals surface area contributed by atoms with Crippen LogP contribution in [0.5, 0.6) is 0 Å². The molecule has 0 saturated heterocycles. The molecule has 0 aliphatic carbocycles. The van der Waals surface area contributed by atoms with Gasteiger partial charge in [-0.25, -0.2) is 4.98 Å². The highest BCUT2D eigenvalue weighted by atomic mass is 16.3. The third-order valence-corrected chi connectivity index (χ3v) is 4.63. The van der Waals surface area contributed by atoms with Crippen molar-refractivity contribution < 1.29 is 18.8 Å². The van der Waals surface area contributed by atoms with Crippen LogP contribution in [0.2, 0.25) is 0 Å². The highest BCUT2D eigenvalue weighted by molar-refractivity contribution is 5.94. The van der Waals surface area contributed by atoms with Gasteiger partial charge in [0.25, 0.3) is 5.91 Å². The maximum absolute atomic E-state index is 12.3. The fourth-order valence-corrected chi connectivity index (χ4v) is 2.97. The Balaban J connectivity index is 0.000000352. The lowest BCUT2D eigenvalue weighted by Gasteiger charge is -2.05. The minimum atomic E-state index is -0.226. The van der Waals surface area contributed by atoms with E-state index in [4.69, 9.17) is 4.42 Å². The molecule has 4 aromatic rings. The maximum Gasteiger partial charge on any atom is 0.287 e. The van der Waals surface area contributed by atoms with Gasteiger partial charge in [0.2, 0.25) is 12.3 Å². The number of hydrogen-bond acceptors (Lipinski definition) is 5. The lowest BCUT2D eigenvalue weighted by molar-refractivity contribution is -0.121. The van der Waals surface area contributed by atoms with E-state index in [1.807, 2.05) is 67.6 Å². The smallest absolute Gasteiger partial charge is 0.287 e. The first-order valence-electron chi connectivity index (χ1n) is 11.7. The van der Waals surface area contributed by atoms with Crippen molar-refractivity contribution in [2.75, 3.05) is 13.6 Å². The number of rotatable bonds is 7. The van der Waals surface area contributed by atoms with Gasteiger partial charge in [-0.1, -0.05) is 50.6 Å². The minimum Gasteiger partial charge on any atom is -0.461 e. The topological polar surface area (TPSA) is 129 Å². The van der Waals surface area contributed by atoms with Crippen LogP contribution >= 0.6 is 0 Å². The van der Waals surface area contributed by atoms with Crippen molar-refractivity contribution in [3.05, 3.63) is 77.8 Å². The summed E-state index contributed by atoms with van der Waals surface area (Å²) in [5, 5.41) is 7.44. The number of carbonyl (C=O) groups is 3. The number of imidazole rings is 1. The highest BCUT2D eigenvalue weighted by Crippen LogP contribution is 2.22. The quantitative estimate of drug-likeness (QED) is 0.291. The zero-order valence-corrected chi connectivity index (χ0v) is 21.1. The molecule has 0 aliphatic rings.